The summed E-state index contributed by atoms with van der Waals surface area (Å²) in [6.07, 6.45) is 0. The van der Waals surface area contributed by atoms with Gasteiger partial charge in [0.05, 0.1) is 32.2 Å². The van der Waals surface area contributed by atoms with Gasteiger partial charge in [0.2, 0.25) is 0 Å². The maximum atomic E-state index is 5.42. The molecule has 0 heterocycles. The molecule has 0 saturated carbocycles. The molecular weight excluding hydrogens is 336 g/mol. The van der Waals surface area contributed by atoms with Gasteiger partial charge in [-0.05, 0) is 42.8 Å². The van der Waals surface area contributed by atoms with Gasteiger partial charge < -0.3 is 9.47 Å². The van der Waals surface area contributed by atoms with Gasteiger partial charge in [-0.2, -0.15) is 5.10 Å². The molecule has 4 nitrogen and oxygen atoms in total. The van der Waals surface area contributed by atoms with Crippen molar-refractivity contribution in [1.82, 2.24) is 0 Å². The molecule has 0 aliphatic rings. The summed E-state index contributed by atoms with van der Waals surface area (Å²) >= 11 is 0. The summed E-state index contributed by atoms with van der Waals surface area (Å²) < 4.78 is 10.7. The molecule has 3 aromatic carbocycles. The average molecular weight is 360 g/mol. The van der Waals surface area contributed by atoms with Crippen LogP contribution in [-0.2, 0) is 6.54 Å². The van der Waals surface area contributed by atoms with Crippen molar-refractivity contribution in [3.63, 3.8) is 0 Å². The Morgan fingerprint density at radius 1 is 0.815 bits per heavy atom. The van der Waals surface area contributed by atoms with Gasteiger partial charge in [-0.25, -0.2) is 0 Å². The van der Waals surface area contributed by atoms with Crippen LogP contribution in [0, 0.1) is 0 Å². The molecule has 0 saturated heterocycles. The first kappa shape index (κ1) is 18.5. The molecule has 0 atom stereocenters. The first-order chi connectivity index (χ1) is 13.2. The zero-order chi connectivity index (χ0) is 19.1. The third-order valence-electron chi connectivity index (χ3n) is 4.30. The van der Waals surface area contributed by atoms with Crippen molar-refractivity contribution in [3.8, 4) is 11.5 Å². The van der Waals surface area contributed by atoms with Gasteiger partial charge in [0.15, 0.2) is 11.5 Å². The van der Waals surface area contributed by atoms with Crippen LogP contribution in [0.1, 0.15) is 18.1 Å². The first-order valence-electron chi connectivity index (χ1n) is 8.85. The van der Waals surface area contributed by atoms with Gasteiger partial charge >= 0.3 is 0 Å². The SMILES string of the molecule is COc1ccc(/C(C)=N\N(Cc2ccccc2)c2ccccc2)cc1OC. The van der Waals surface area contributed by atoms with Crippen molar-refractivity contribution >= 4 is 11.4 Å². The van der Waals surface area contributed by atoms with E-state index in [1.807, 2.05) is 66.5 Å². The molecule has 0 spiro atoms. The van der Waals surface area contributed by atoms with Gasteiger partial charge in [-0.3, -0.25) is 5.01 Å². The second kappa shape index (κ2) is 8.90. The molecule has 0 aliphatic carbocycles. The lowest BCUT2D eigenvalue weighted by molar-refractivity contribution is 0.355. The Morgan fingerprint density at radius 2 is 1.44 bits per heavy atom. The fraction of sp³-hybridized carbons (Fsp3) is 0.174. The summed E-state index contributed by atoms with van der Waals surface area (Å²) in [5, 5.41) is 6.91. The highest BCUT2D eigenvalue weighted by atomic mass is 16.5. The van der Waals surface area contributed by atoms with Crippen LogP contribution in [0.3, 0.4) is 0 Å². The molecule has 3 rings (SSSR count). The van der Waals surface area contributed by atoms with E-state index in [9.17, 15) is 0 Å². The number of para-hydroxylation sites is 1. The Kier molecular flexibility index (Phi) is 6.10. The smallest absolute Gasteiger partial charge is 0.161 e. The molecule has 0 unspecified atom stereocenters. The van der Waals surface area contributed by atoms with Crippen molar-refractivity contribution in [1.29, 1.82) is 0 Å². The molecule has 0 aromatic heterocycles. The van der Waals surface area contributed by atoms with E-state index in [-0.39, 0.29) is 0 Å². The van der Waals surface area contributed by atoms with E-state index in [0.29, 0.717) is 18.0 Å². The molecule has 0 bridgehead atoms. The average Bonchev–Trinajstić information content (AvgIpc) is 2.74. The fourth-order valence-corrected chi connectivity index (χ4v) is 2.84. The third-order valence-corrected chi connectivity index (χ3v) is 4.30. The Morgan fingerprint density at radius 3 is 2.07 bits per heavy atom. The van der Waals surface area contributed by atoms with Crippen molar-refractivity contribution in [2.75, 3.05) is 19.2 Å². The van der Waals surface area contributed by atoms with Gasteiger partial charge in [-0.15, -0.1) is 0 Å². The van der Waals surface area contributed by atoms with Crippen molar-refractivity contribution in [3.05, 3.63) is 90.0 Å². The minimum Gasteiger partial charge on any atom is -0.493 e. The molecular formula is C23H24N2O2. The highest BCUT2D eigenvalue weighted by Gasteiger charge is 2.10. The number of anilines is 1. The lowest BCUT2D eigenvalue weighted by Crippen LogP contribution is -2.18. The largest absolute Gasteiger partial charge is 0.493 e. The molecule has 3 aromatic rings. The molecule has 0 N–H and O–H groups in total. The number of hydrogen-bond donors (Lipinski definition) is 0. The standard InChI is InChI=1S/C23H24N2O2/c1-18(20-14-15-22(26-2)23(16-20)27-3)24-25(21-12-8-5-9-13-21)17-19-10-6-4-7-11-19/h4-16H,17H2,1-3H3/b24-18-. The Labute approximate surface area is 160 Å². The van der Waals surface area contributed by atoms with Gasteiger partial charge in [0.25, 0.3) is 0 Å². The summed E-state index contributed by atoms with van der Waals surface area (Å²) in [7, 11) is 3.27. The van der Waals surface area contributed by atoms with Crippen LogP contribution in [0.2, 0.25) is 0 Å². The quantitative estimate of drug-likeness (QED) is 0.432. The lowest BCUT2D eigenvalue weighted by Gasteiger charge is -2.21. The Balaban J connectivity index is 1.94. The predicted octanol–water partition coefficient (Wildman–Crippen LogP) is 5.13. The minimum atomic E-state index is 0.690. The van der Waals surface area contributed by atoms with Crippen LogP contribution in [0.15, 0.2) is 84.0 Å². The Hall–Kier alpha value is -3.27. The highest BCUT2D eigenvalue weighted by Crippen LogP contribution is 2.28. The first-order valence-corrected chi connectivity index (χ1v) is 8.85. The van der Waals surface area contributed by atoms with E-state index in [1.165, 1.54) is 5.56 Å². The number of hydrazone groups is 1. The van der Waals surface area contributed by atoms with Crippen LogP contribution in [-0.4, -0.2) is 19.9 Å². The van der Waals surface area contributed by atoms with Crippen LogP contribution in [0.4, 0.5) is 5.69 Å². The number of nitrogens with zero attached hydrogens (tertiary/aromatic N) is 2. The Bertz CT molecular complexity index is 893. The second-order valence-corrected chi connectivity index (χ2v) is 6.13. The molecule has 0 aliphatic heterocycles. The van der Waals surface area contributed by atoms with E-state index in [4.69, 9.17) is 14.6 Å². The van der Waals surface area contributed by atoms with Crippen LogP contribution >= 0.6 is 0 Å². The molecule has 138 valence electrons. The summed E-state index contributed by atoms with van der Waals surface area (Å²) in [6.45, 7) is 2.69. The molecule has 0 radical (unpaired) electrons. The van der Waals surface area contributed by atoms with E-state index in [0.717, 1.165) is 17.0 Å². The normalized spacial score (nSPS) is 11.1. The maximum Gasteiger partial charge on any atom is 0.161 e. The van der Waals surface area contributed by atoms with E-state index < -0.39 is 0 Å². The summed E-state index contributed by atoms with van der Waals surface area (Å²) in [5.74, 6) is 1.40. The van der Waals surface area contributed by atoms with E-state index in [1.54, 1.807) is 14.2 Å². The molecule has 4 heteroatoms. The number of hydrogen-bond acceptors (Lipinski definition) is 4. The topological polar surface area (TPSA) is 34.1 Å². The number of ether oxygens (including phenoxy) is 2. The van der Waals surface area contributed by atoms with Crippen molar-refractivity contribution < 1.29 is 9.47 Å². The van der Waals surface area contributed by atoms with Crippen LogP contribution in [0.5, 0.6) is 11.5 Å². The summed E-state index contributed by atoms with van der Waals surface area (Å²) in [4.78, 5) is 0. The number of benzene rings is 3. The second-order valence-electron chi connectivity index (χ2n) is 6.13. The highest BCUT2D eigenvalue weighted by molar-refractivity contribution is 5.99. The number of rotatable bonds is 7. The van der Waals surface area contributed by atoms with E-state index in [2.05, 4.69) is 24.3 Å². The van der Waals surface area contributed by atoms with Gasteiger partial charge in [0.1, 0.15) is 0 Å². The zero-order valence-electron chi connectivity index (χ0n) is 15.9. The van der Waals surface area contributed by atoms with Gasteiger partial charge in [0, 0.05) is 5.56 Å². The fourth-order valence-electron chi connectivity index (χ4n) is 2.84. The zero-order valence-corrected chi connectivity index (χ0v) is 15.9. The summed E-state index contributed by atoms with van der Waals surface area (Å²) in [6, 6.07) is 26.4. The molecule has 0 amide bonds. The monoisotopic (exact) mass is 360 g/mol. The summed E-state index contributed by atoms with van der Waals surface area (Å²) in [5.41, 5.74) is 4.13. The third kappa shape index (κ3) is 4.67. The van der Waals surface area contributed by atoms with Crippen molar-refractivity contribution in [2.24, 2.45) is 5.10 Å². The van der Waals surface area contributed by atoms with Crippen molar-refractivity contribution in [2.45, 2.75) is 13.5 Å². The number of methoxy groups -OCH3 is 2. The maximum absolute atomic E-state index is 5.42. The lowest BCUT2D eigenvalue weighted by atomic mass is 10.1. The van der Waals surface area contributed by atoms with E-state index >= 15 is 0 Å². The van der Waals surface area contributed by atoms with Crippen LogP contribution < -0.4 is 14.5 Å². The predicted molar refractivity (Wildman–Crippen MR) is 111 cm³/mol. The molecule has 0 fully saturated rings. The molecule has 27 heavy (non-hydrogen) atoms. The van der Waals surface area contributed by atoms with Gasteiger partial charge in [-0.1, -0.05) is 48.5 Å². The van der Waals surface area contributed by atoms with Crippen LogP contribution in [0.25, 0.3) is 0 Å². The minimum absolute atomic E-state index is 0.690.